The second kappa shape index (κ2) is 10.2. The molecule has 0 aliphatic heterocycles. The van der Waals surface area contributed by atoms with E-state index in [0.717, 1.165) is 55.7 Å². The molecule has 1 N–H and O–H groups in total. The number of rotatable bonds is 5. The summed E-state index contributed by atoms with van der Waals surface area (Å²) in [5.41, 5.74) is 1.94. The number of aromatic nitrogens is 1. The van der Waals surface area contributed by atoms with E-state index < -0.39 is 11.7 Å². The molecule has 7 heteroatoms. The van der Waals surface area contributed by atoms with Crippen molar-refractivity contribution >= 4 is 38.2 Å². The van der Waals surface area contributed by atoms with Crippen LogP contribution in [0.2, 0.25) is 0 Å². The molecule has 0 unspecified atom stereocenters. The van der Waals surface area contributed by atoms with Crippen molar-refractivity contribution in [3.8, 4) is 16.9 Å². The molecule has 204 valence electrons. The highest BCUT2D eigenvalue weighted by Gasteiger charge is 2.30. The van der Waals surface area contributed by atoms with Crippen molar-refractivity contribution in [1.82, 2.24) is 10.3 Å². The Kier molecular flexibility index (Phi) is 6.58. The van der Waals surface area contributed by atoms with Crippen molar-refractivity contribution in [1.29, 1.82) is 0 Å². The molecule has 0 fully saturated rings. The number of fused-ring (bicyclic) bond motifs is 3. The Morgan fingerprint density at radius 1 is 0.805 bits per heavy atom. The lowest BCUT2D eigenvalue weighted by Crippen LogP contribution is -2.27. The van der Waals surface area contributed by atoms with E-state index in [0.29, 0.717) is 16.9 Å². The molecule has 0 aliphatic rings. The maximum Gasteiger partial charge on any atom is 0.416 e. The highest BCUT2D eigenvalue weighted by molar-refractivity contribution is 6.17. The van der Waals surface area contributed by atoms with E-state index in [2.05, 4.69) is 10.3 Å². The second-order valence-corrected chi connectivity index (χ2v) is 9.97. The third kappa shape index (κ3) is 4.95. The van der Waals surface area contributed by atoms with E-state index in [1.165, 1.54) is 12.1 Å². The summed E-state index contributed by atoms with van der Waals surface area (Å²) in [5.74, 6) is 0.460. The van der Waals surface area contributed by atoms with Gasteiger partial charge in [0.25, 0.3) is 5.91 Å². The second-order valence-electron chi connectivity index (χ2n) is 9.97. The van der Waals surface area contributed by atoms with Crippen molar-refractivity contribution in [2.45, 2.75) is 19.1 Å². The first-order valence-corrected chi connectivity index (χ1v) is 13.1. The number of alkyl halides is 3. The van der Waals surface area contributed by atoms with Crippen LogP contribution < -0.4 is 10.1 Å². The molecule has 0 spiro atoms. The maximum absolute atomic E-state index is 13.3. The molecule has 4 nitrogen and oxygen atoms in total. The number of carbonyl (C=O) groups is 1. The third-order valence-corrected chi connectivity index (χ3v) is 7.37. The fourth-order valence-electron chi connectivity index (χ4n) is 5.31. The number of carbonyl (C=O) groups excluding carboxylic acids is 1. The molecule has 1 aromatic heterocycles. The number of nitrogens with zero attached hydrogens (tertiary/aromatic N) is 1. The molecule has 6 rings (SSSR count). The monoisotopic (exact) mass is 550 g/mol. The zero-order chi connectivity index (χ0) is 28.7. The van der Waals surface area contributed by atoms with Crippen molar-refractivity contribution in [2.75, 3.05) is 7.11 Å². The molecule has 41 heavy (non-hydrogen) atoms. The molecule has 1 heterocycles. The van der Waals surface area contributed by atoms with Gasteiger partial charge in [0, 0.05) is 17.1 Å². The molecule has 1 atom stereocenters. The Balaban J connectivity index is 1.53. The van der Waals surface area contributed by atoms with Crippen molar-refractivity contribution < 1.29 is 22.7 Å². The van der Waals surface area contributed by atoms with Gasteiger partial charge in [-0.05, 0) is 106 Å². The molecule has 0 radical (unpaired) electrons. The quantitative estimate of drug-likeness (QED) is 0.218. The number of ether oxygens (including phenoxy) is 1. The van der Waals surface area contributed by atoms with Gasteiger partial charge in [0.1, 0.15) is 5.75 Å². The largest absolute Gasteiger partial charge is 0.496 e. The van der Waals surface area contributed by atoms with Crippen LogP contribution in [0, 0.1) is 0 Å². The summed E-state index contributed by atoms with van der Waals surface area (Å²) in [4.78, 5) is 17.5. The third-order valence-electron chi connectivity index (χ3n) is 7.37. The van der Waals surface area contributed by atoms with Gasteiger partial charge >= 0.3 is 6.18 Å². The molecule has 0 saturated carbocycles. The summed E-state index contributed by atoms with van der Waals surface area (Å²) < 4.78 is 45.6. The van der Waals surface area contributed by atoms with Crippen molar-refractivity contribution in [3.63, 3.8) is 0 Å². The van der Waals surface area contributed by atoms with Gasteiger partial charge in [0.05, 0.1) is 24.4 Å². The fraction of sp³-hybridized carbons (Fsp3) is 0.118. The number of methoxy groups -OCH3 is 1. The van der Waals surface area contributed by atoms with Crippen LogP contribution in [0.5, 0.6) is 5.75 Å². The van der Waals surface area contributed by atoms with Crippen molar-refractivity contribution in [3.05, 3.63) is 120 Å². The number of pyridine rings is 1. The molecule has 1 amide bonds. The maximum atomic E-state index is 13.3. The SMILES string of the molecule is COc1cccc2cc3cc4cc(C(=O)N[C@@H](C)c5ccccn5)ccc4c(-c4ccc(C(F)(F)F)cc4)c3cc12. The van der Waals surface area contributed by atoms with Gasteiger partial charge in [-0.1, -0.05) is 36.4 Å². The lowest BCUT2D eigenvalue weighted by Gasteiger charge is -2.17. The minimum absolute atomic E-state index is 0.246. The summed E-state index contributed by atoms with van der Waals surface area (Å²) >= 11 is 0. The Morgan fingerprint density at radius 3 is 2.27 bits per heavy atom. The van der Waals surface area contributed by atoms with Crippen LogP contribution in [0.15, 0.2) is 103 Å². The van der Waals surface area contributed by atoms with E-state index in [4.69, 9.17) is 4.74 Å². The Labute approximate surface area is 234 Å². The van der Waals surface area contributed by atoms with E-state index in [1.807, 2.05) is 73.7 Å². The van der Waals surface area contributed by atoms with Crippen LogP contribution in [0.3, 0.4) is 0 Å². The lowest BCUT2D eigenvalue weighted by molar-refractivity contribution is -0.137. The Bertz CT molecular complexity index is 1920. The highest BCUT2D eigenvalue weighted by Crippen LogP contribution is 2.41. The van der Waals surface area contributed by atoms with E-state index in [1.54, 1.807) is 19.4 Å². The van der Waals surface area contributed by atoms with Gasteiger partial charge in [-0.25, -0.2) is 0 Å². The molecule has 0 saturated heterocycles. The minimum Gasteiger partial charge on any atom is -0.496 e. The van der Waals surface area contributed by atoms with Crippen LogP contribution in [0.25, 0.3) is 43.4 Å². The molecule has 0 bridgehead atoms. The van der Waals surface area contributed by atoms with Crippen molar-refractivity contribution in [2.24, 2.45) is 0 Å². The molecule has 5 aromatic carbocycles. The molecule has 0 aliphatic carbocycles. The first-order chi connectivity index (χ1) is 19.7. The molecular formula is C34H25F3N2O2. The Hall–Kier alpha value is -4.91. The number of amides is 1. The minimum atomic E-state index is -4.43. The predicted molar refractivity (Wildman–Crippen MR) is 156 cm³/mol. The average Bonchev–Trinajstić information content (AvgIpc) is 2.98. The standard InChI is InChI=1S/C34H25F3N2O2/c1-20(30-7-3-4-15-38-30)39-33(40)23-11-14-27-24(17-23)18-25-16-22-6-5-8-31(41-2)28(22)19-29(25)32(27)21-9-12-26(13-10-21)34(35,36)37/h3-20H,1-2H3,(H,39,40)/t20-/m0/s1. The van der Waals surface area contributed by atoms with Crippen LogP contribution in [-0.2, 0) is 6.18 Å². The van der Waals surface area contributed by atoms with Crippen LogP contribution in [0.1, 0.15) is 34.6 Å². The lowest BCUT2D eigenvalue weighted by atomic mass is 9.89. The zero-order valence-electron chi connectivity index (χ0n) is 22.3. The fourth-order valence-corrected chi connectivity index (χ4v) is 5.31. The first kappa shape index (κ1) is 26.3. The van der Waals surface area contributed by atoms with Crippen LogP contribution in [0.4, 0.5) is 13.2 Å². The summed E-state index contributed by atoms with van der Waals surface area (Å²) in [6.45, 7) is 1.87. The summed E-state index contributed by atoms with van der Waals surface area (Å²) in [6.07, 6.45) is -2.75. The molecular weight excluding hydrogens is 525 g/mol. The number of halogens is 3. The topological polar surface area (TPSA) is 51.2 Å². The normalized spacial score (nSPS) is 12.5. The van der Waals surface area contributed by atoms with E-state index in [-0.39, 0.29) is 11.9 Å². The van der Waals surface area contributed by atoms with Gasteiger partial charge in [0.2, 0.25) is 0 Å². The predicted octanol–water partition coefficient (Wildman–Crippen LogP) is 8.73. The first-order valence-electron chi connectivity index (χ1n) is 13.1. The Morgan fingerprint density at radius 2 is 1.56 bits per heavy atom. The highest BCUT2D eigenvalue weighted by atomic mass is 19.4. The smallest absolute Gasteiger partial charge is 0.416 e. The van der Waals surface area contributed by atoms with Gasteiger partial charge in [-0.2, -0.15) is 13.2 Å². The number of hydrogen-bond donors (Lipinski definition) is 1. The molecule has 6 aromatic rings. The van der Waals surface area contributed by atoms with Gasteiger partial charge < -0.3 is 10.1 Å². The number of nitrogens with one attached hydrogen (secondary N) is 1. The number of benzene rings is 5. The zero-order valence-corrected chi connectivity index (χ0v) is 22.3. The van der Waals surface area contributed by atoms with Gasteiger partial charge in [0.15, 0.2) is 0 Å². The van der Waals surface area contributed by atoms with Crippen LogP contribution in [-0.4, -0.2) is 18.0 Å². The van der Waals surface area contributed by atoms with Gasteiger partial charge in [-0.15, -0.1) is 0 Å². The van der Waals surface area contributed by atoms with Gasteiger partial charge in [-0.3, -0.25) is 9.78 Å². The average molecular weight is 551 g/mol. The van der Waals surface area contributed by atoms with E-state index >= 15 is 0 Å². The summed E-state index contributed by atoms with van der Waals surface area (Å²) in [5, 5.41) is 8.24. The summed E-state index contributed by atoms with van der Waals surface area (Å²) in [6, 6.07) is 27.7. The number of hydrogen-bond acceptors (Lipinski definition) is 3. The summed E-state index contributed by atoms with van der Waals surface area (Å²) in [7, 11) is 1.61. The van der Waals surface area contributed by atoms with Crippen LogP contribution >= 0.6 is 0 Å². The van der Waals surface area contributed by atoms with E-state index in [9.17, 15) is 18.0 Å².